The van der Waals surface area contributed by atoms with E-state index in [4.69, 9.17) is 23.1 Å². The molecule has 0 aromatic carbocycles. The maximum atomic E-state index is 12.2. The van der Waals surface area contributed by atoms with Crippen molar-refractivity contribution in [3.8, 4) is 0 Å². The molecule has 132 valence electrons. The first-order valence-electron chi connectivity index (χ1n) is 7.54. The third-order valence-electron chi connectivity index (χ3n) is 4.21. The molecule has 9 nitrogen and oxygen atoms in total. The van der Waals surface area contributed by atoms with Gasteiger partial charge in [-0.25, -0.2) is 9.97 Å². The average Bonchev–Trinajstić information content (AvgIpc) is 2.98. The number of amides is 1. The molecule has 0 saturated carbocycles. The van der Waals surface area contributed by atoms with Crippen LogP contribution in [0.2, 0.25) is 5.15 Å². The van der Waals surface area contributed by atoms with Crippen LogP contribution in [0.15, 0.2) is 4.99 Å². The van der Waals surface area contributed by atoms with Crippen molar-refractivity contribution in [3.63, 3.8) is 0 Å². The summed E-state index contributed by atoms with van der Waals surface area (Å²) in [6, 6.07) is -0.284. The zero-order valence-electron chi connectivity index (χ0n) is 13.8. The normalized spacial score (nSPS) is 18.7. The molecule has 0 fully saturated rings. The van der Waals surface area contributed by atoms with Gasteiger partial charge in [0.2, 0.25) is 0 Å². The maximum absolute atomic E-state index is 12.2. The monoisotopic (exact) mass is 355 g/mol. The number of nitrogens with two attached hydrogens (primary N) is 2. The number of aliphatic hydroxyl groups is 1. The smallest absolute Gasteiger partial charge is 0.280 e. The summed E-state index contributed by atoms with van der Waals surface area (Å²) in [5, 5.41) is 15.9. The second-order valence-corrected chi connectivity index (χ2v) is 6.67. The van der Waals surface area contributed by atoms with E-state index in [0.29, 0.717) is 6.54 Å². The highest BCUT2D eigenvalue weighted by Crippen LogP contribution is 2.27. The Hall–Kier alpha value is -2.13. The van der Waals surface area contributed by atoms with Crippen LogP contribution in [0.1, 0.15) is 37.7 Å². The Morgan fingerprint density at radius 3 is 2.75 bits per heavy atom. The van der Waals surface area contributed by atoms with Crippen molar-refractivity contribution in [2.75, 3.05) is 18.0 Å². The molecule has 24 heavy (non-hydrogen) atoms. The summed E-state index contributed by atoms with van der Waals surface area (Å²) in [5.41, 5.74) is 10.7. The van der Waals surface area contributed by atoms with Gasteiger partial charge in [-0.2, -0.15) is 0 Å². The van der Waals surface area contributed by atoms with Crippen molar-refractivity contribution in [1.82, 2.24) is 20.6 Å². The minimum absolute atomic E-state index is 0.0490. The van der Waals surface area contributed by atoms with Gasteiger partial charge in [0.05, 0.1) is 18.7 Å². The highest BCUT2D eigenvalue weighted by Gasteiger charge is 2.35. The molecule has 0 saturated heterocycles. The second-order valence-electron chi connectivity index (χ2n) is 6.31. The molecule has 1 amide bonds. The van der Waals surface area contributed by atoms with Crippen molar-refractivity contribution in [3.05, 3.63) is 10.8 Å². The van der Waals surface area contributed by atoms with Gasteiger partial charge in [0, 0.05) is 0 Å². The number of hydrogen-bond acceptors (Lipinski definition) is 8. The van der Waals surface area contributed by atoms with Crippen molar-refractivity contribution in [2.24, 2.45) is 10.4 Å². The Balaban J connectivity index is 2.03. The van der Waals surface area contributed by atoms with Gasteiger partial charge in [-0.05, 0) is 11.8 Å². The molecule has 1 aliphatic heterocycles. The summed E-state index contributed by atoms with van der Waals surface area (Å²) in [5.74, 6) is -0.549. The minimum Gasteiger partial charge on any atom is -0.390 e. The van der Waals surface area contributed by atoms with E-state index in [9.17, 15) is 9.90 Å². The van der Waals surface area contributed by atoms with Crippen molar-refractivity contribution in [2.45, 2.75) is 39.3 Å². The Labute approximate surface area is 144 Å². The van der Waals surface area contributed by atoms with Gasteiger partial charge in [0.1, 0.15) is 0 Å². The molecular weight excluding hydrogens is 334 g/mol. The molecule has 0 radical (unpaired) electrons. The van der Waals surface area contributed by atoms with Crippen LogP contribution in [-0.2, 0) is 0 Å². The molecule has 0 aliphatic carbocycles. The van der Waals surface area contributed by atoms with Gasteiger partial charge in [-0.15, -0.1) is 0 Å². The van der Waals surface area contributed by atoms with E-state index in [-0.39, 0.29) is 39.9 Å². The van der Waals surface area contributed by atoms with Crippen molar-refractivity contribution >= 4 is 35.1 Å². The van der Waals surface area contributed by atoms with Gasteiger partial charge >= 0.3 is 0 Å². The predicted molar refractivity (Wildman–Crippen MR) is 92.6 cm³/mol. The molecule has 1 aromatic heterocycles. The number of nitrogens with one attached hydrogen (secondary N) is 2. The van der Waals surface area contributed by atoms with Crippen LogP contribution in [0, 0.1) is 5.41 Å². The Morgan fingerprint density at radius 1 is 1.46 bits per heavy atom. The zero-order chi connectivity index (χ0) is 18.1. The predicted octanol–water partition coefficient (Wildman–Crippen LogP) is 0.149. The first kappa shape index (κ1) is 18.2. The number of aliphatic imine (C=N–C) groups is 1. The fraction of sp³-hybridized carbons (Fsp3) is 0.571. The van der Waals surface area contributed by atoms with E-state index in [2.05, 4.69) is 25.6 Å². The van der Waals surface area contributed by atoms with Crippen molar-refractivity contribution in [1.29, 1.82) is 0 Å². The largest absolute Gasteiger partial charge is 0.390 e. The summed E-state index contributed by atoms with van der Waals surface area (Å²) < 4.78 is 0. The lowest BCUT2D eigenvalue weighted by Crippen LogP contribution is -2.51. The van der Waals surface area contributed by atoms with Crippen LogP contribution in [0.25, 0.3) is 0 Å². The lowest BCUT2D eigenvalue weighted by molar-refractivity contribution is 0.0254. The average molecular weight is 356 g/mol. The third kappa shape index (κ3) is 3.68. The quantitative estimate of drug-likeness (QED) is 0.515. The lowest BCUT2D eigenvalue weighted by Gasteiger charge is -2.33. The van der Waals surface area contributed by atoms with Crippen LogP contribution < -0.4 is 22.1 Å². The Morgan fingerprint density at radius 2 is 2.12 bits per heavy atom. The van der Waals surface area contributed by atoms with E-state index in [0.717, 1.165) is 6.42 Å². The van der Waals surface area contributed by atoms with Crippen LogP contribution >= 0.6 is 11.6 Å². The maximum Gasteiger partial charge on any atom is 0.280 e. The number of aliphatic hydroxyl groups excluding tert-OH is 1. The molecule has 10 heteroatoms. The van der Waals surface area contributed by atoms with Crippen LogP contribution in [0.4, 0.5) is 11.6 Å². The molecule has 0 bridgehead atoms. The molecule has 2 heterocycles. The van der Waals surface area contributed by atoms with E-state index in [1.807, 2.05) is 20.8 Å². The molecule has 0 unspecified atom stereocenters. The van der Waals surface area contributed by atoms with Crippen LogP contribution in [-0.4, -0.2) is 45.6 Å². The topological polar surface area (TPSA) is 152 Å². The first-order valence-corrected chi connectivity index (χ1v) is 7.92. The molecule has 0 spiro atoms. The zero-order valence-corrected chi connectivity index (χ0v) is 14.6. The number of rotatable bonds is 4. The summed E-state index contributed by atoms with van der Waals surface area (Å²) in [6.07, 6.45) is 0.195. The lowest BCUT2D eigenvalue weighted by atomic mass is 9.80. The summed E-state index contributed by atoms with van der Waals surface area (Å²) in [7, 11) is 0. The third-order valence-corrected chi connectivity index (χ3v) is 4.49. The highest BCUT2D eigenvalue weighted by atomic mass is 35.5. The number of anilines is 2. The number of carbonyl (C=O) groups excluding carboxylic acids is 1. The molecule has 2 rings (SSSR count). The van der Waals surface area contributed by atoms with Crippen molar-refractivity contribution < 1.29 is 9.90 Å². The van der Waals surface area contributed by atoms with Gasteiger partial charge < -0.3 is 21.9 Å². The number of nitrogens with zero attached hydrogens (tertiary/aromatic N) is 3. The van der Waals surface area contributed by atoms with Crippen LogP contribution in [0.3, 0.4) is 0 Å². The van der Waals surface area contributed by atoms with Gasteiger partial charge in [-0.3, -0.25) is 15.1 Å². The number of aromatic nitrogens is 2. The Kier molecular flexibility index (Phi) is 5.14. The van der Waals surface area contributed by atoms with Crippen LogP contribution in [0.5, 0.6) is 0 Å². The number of nitrogen functional groups attached to an aromatic ring is 2. The number of hydrogen-bond donors (Lipinski definition) is 5. The fourth-order valence-corrected chi connectivity index (χ4v) is 2.37. The number of halogens is 1. The van der Waals surface area contributed by atoms with Gasteiger partial charge in [0.15, 0.2) is 28.4 Å². The summed E-state index contributed by atoms with van der Waals surface area (Å²) >= 11 is 5.76. The first-order chi connectivity index (χ1) is 11.2. The fourth-order valence-electron chi connectivity index (χ4n) is 2.24. The molecule has 7 N–H and O–H groups in total. The standard InChI is InChI=1S/C14H22ClN7O2/c1-4-14(2,3)8(23)6-5-18-13(19-6)22-12(24)7-10(16)21-11(17)9(15)20-7/h6,8,23H,4-5H2,1-3H3,(H4,16,17,21)(H2,18,19,22,24)/t6-,8+/m0/s1. The molecular formula is C14H22ClN7O2. The van der Waals surface area contributed by atoms with E-state index in [1.54, 1.807) is 0 Å². The molecule has 1 aromatic rings. The van der Waals surface area contributed by atoms with Gasteiger partial charge in [0.25, 0.3) is 5.91 Å². The minimum atomic E-state index is -0.614. The summed E-state index contributed by atoms with van der Waals surface area (Å²) in [6.45, 7) is 6.31. The number of carbonyl (C=O) groups is 1. The summed E-state index contributed by atoms with van der Waals surface area (Å²) in [4.78, 5) is 24.0. The van der Waals surface area contributed by atoms with Gasteiger partial charge in [-0.1, -0.05) is 32.4 Å². The number of guanidine groups is 1. The highest BCUT2D eigenvalue weighted by molar-refractivity contribution is 6.31. The molecule has 1 aliphatic rings. The SMILES string of the molecule is CCC(C)(C)[C@H](O)[C@@H]1CN=C(NC(=O)c2nc(Cl)c(N)nc2N)N1. The van der Waals surface area contributed by atoms with E-state index in [1.165, 1.54) is 0 Å². The Bertz CT molecular complexity index is 677. The van der Waals surface area contributed by atoms with E-state index < -0.39 is 12.0 Å². The second kappa shape index (κ2) is 6.78. The molecule has 2 atom stereocenters. The van der Waals surface area contributed by atoms with E-state index >= 15 is 0 Å².